The van der Waals surface area contributed by atoms with Gasteiger partial charge in [-0.3, -0.25) is 9.78 Å². The van der Waals surface area contributed by atoms with Crippen molar-refractivity contribution >= 4 is 19.6 Å². The van der Waals surface area contributed by atoms with Gasteiger partial charge in [-0.15, -0.1) is 0 Å². The summed E-state index contributed by atoms with van der Waals surface area (Å²) in [5, 5.41) is 0. The van der Waals surface area contributed by atoms with Gasteiger partial charge in [0.2, 0.25) is 13.9 Å². The van der Waals surface area contributed by atoms with E-state index in [-0.39, 0.29) is 5.91 Å². The van der Waals surface area contributed by atoms with Gasteiger partial charge in [-0.2, -0.15) is 0 Å². The quantitative estimate of drug-likeness (QED) is 0.500. The van der Waals surface area contributed by atoms with Crippen LogP contribution in [-0.4, -0.2) is 23.7 Å². The van der Waals surface area contributed by atoms with Crippen LogP contribution >= 0.6 is 0 Å². The molecule has 4 heteroatoms. The van der Waals surface area contributed by atoms with Crippen LogP contribution in [0.1, 0.15) is 15.9 Å². The van der Waals surface area contributed by atoms with Crippen molar-refractivity contribution in [2.24, 2.45) is 0 Å². The molecule has 0 unspecified atom stereocenters. The van der Waals surface area contributed by atoms with Crippen molar-refractivity contribution in [2.75, 3.05) is 0 Å². The SMILES string of the molecule is BN1C(=C)c2ccncc2C1=O. The Balaban J connectivity index is 2.67. The Morgan fingerprint density at radius 3 is 2.92 bits per heavy atom. The molecule has 1 aliphatic rings. The zero-order valence-corrected chi connectivity index (χ0v) is 6.74. The number of pyridine rings is 1. The minimum atomic E-state index is -0.0249. The molecule has 0 aliphatic carbocycles. The molecule has 0 aromatic carbocycles. The van der Waals surface area contributed by atoms with Crippen molar-refractivity contribution in [2.45, 2.75) is 0 Å². The number of fused-ring (bicyclic) bond motifs is 1. The summed E-state index contributed by atoms with van der Waals surface area (Å²) in [6, 6.07) is 1.80. The Bertz CT molecular complexity index is 340. The molecule has 0 bridgehead atoms. The van der Waals surface area contributed by atoms with E-state index in [1.807, 2.05) is 0 Å². The minimum Gasteiger partial charge on any atom is -0.361 e. The molecule has 0 spiro atoms. The summed E-state index contributed by atoms with van der Waals surface area (Å²) in [5.41, 5.74) is 2.28. The predicted octanol–water partition coefficient (Wildman–Crippen LogP) is 0.0562. The molecule has 0 radical (unpaired) electrons. The molecule has 0 fully saturated rings. The molecule has 2 rings (SSSR count). The van der Waals surface area contributed by atoms with E-state index in [0.717, 1.165) is 11.3 Å². The van der Waals surface area contributed by atoms with E-state index in [9.17, 15) is 4.79 Å². The molecule has 1 aromatic heterocycles. The molecule has 3 nitrogen and oxygen atoms in total. The highest BCUT2D eigenvalue weighted by atomic mass is 16.2. The predicted molar refractivity (Wildman–Crippen MR) is 48.0 cm³/mol. The van der Waals surface area contributed by atoms with Gasteiger partial charge in [0.15, 0.2) is 0 Å². The Kier molecular flexibility index (Phi) is 1.30. The number of carbonyl (C=O) groups is 1. The summed E-state index contributed by atoms with van der Waals surface area (Å²) in [7, 11) is 1.71. The monoisotopic (exact) mass is 158 g/mol. The molecule has 1 aliphatic heterocycles. The second-order valence-electron chi connectivity index (χ2n) is 2.73. The fraction of sp³-hybridized carbons (Fsp3) is 0. The van der Waals surface area contributed by atoms with Crippen molar-refractivity contribution < 1.29 is 4.79 Å². The van der Waals surface area contributed by atoms with E-state index in [1.54, 1.807) is 26.4 Å². The average Bonchev–Trinajstić information content (AvgIpc) is 2.33. The minimum absolute atomic E-state index is 0.0249. The van der Waals surface area contributed by atoms with Gasteiger partial charge in [0.25, 0.3) is 0 Å². The van der Waals surface area contributed by atoms with Crippen molar-refractivity contribution in [3.05, 3.63) is 36.2 Å². The van der Waals surface area contributed by atoms with Gasteiger partial charge in [0, 0.05) is 23.7 Å². The maximum Gasteiger partial charge on any atom is 0.247 e. The van der Waals surface area contributed by atoms with Gasteiger partial charge in [-0.05, 0) is 6.07 Å². The first-order valence-corrected chi connectivity index (χ1v) is 3.63. The fourth-order valence-electron chi connectivity index (χ4n) is 1.30. The van der Waals surface area contributed by atoms with Crippen molar-refractivity contribution in [1.82, 2.24) is 9.79 Å². The Morgan fingerprint density at radius 1 is 1.50 bits per heavy atom. The van der Waals surface area contributed by atoms with E-state index >= 15 is 0 Å². The number of nitrogens with zero attached hydrogens (tertiary/aromatic N) is 2. The maximum absolute atomic E-state index is 11.4. The normalized spacial score (nSPS) is 15.2. The van der Waals surface area contributed by atoms with Crippen LogP contribution in [0.3, 0.4) is 0 Å². The summed E-state index contributed by atoms with van der Waals surface area (Å²) in [6.45, 7) is 3.80. The summed E-state index contributed by atoms with van der Waals surface area (Å²) < 4.78 is 0. The Morgan fingerprint density at radius 2 is 2.25 bits per heavy atom. The standard InChI is InChI=1S/C8H7BN2O/c1-5-6-2-3-10-4-7(6)8(12)11(5)9/h2-4H,1,9H2. The van der Waals surface area contributed by atoms with Crippen LogP contribution < -0.4 is 0 Å². The second kappa shape index (κ2) is 2.20. The molecule has 12 heavy (non-hydrogen) atoms. The lowest BCUT2D eigenvalue weighted by atomic mass is 10.1. The molecular formula is C8H7BN2O. The summed E-state index contributed by atoms with van der Waals surface area (Å²) in [5.74, 6) is -0.0249. The fourth-order valence-corrected chi connectivity index (χ4v) is 1.30. The Labute approximate surface area is 71.1 Å². The molecule has 2 heterocycles. The highest BCUT2D eigenvalue weighted by molar-refractivity contribution is 6.27. The van der Waals surface area contributed by atoms with E-state index < -0.39 is 0 Å². The number of hydrogen-bond acceptors (Lipinski definition) is 2. The molecule has 0 saturated carbocycles. The van der Waals surface area contributed by atoms with Gasteiger partial charge >= 0.3 is 0 Å². The summed E-state index contributed by atoms with van der Waals surface area (Å²) >= 11 is 0. The van der Waals surface area contributed by atoms with Crippen LogP contribution in [0.15, 0.2) is 25.0 Å². The zero-order valence-electron chi connectivity index (χ0n) is 6.74. The lowest BCUT2D eigenvalue weighted by Gasteiger charge is -2.08. The van der Waals surface area contributed by atoms with E-state index in [2.05, 4.69) is 11.6 Å². The van der Waals surface area contributed by atoms with E-state index in [1.165, 1.54) is 4.81 Å². The van der Waals surface area contributed by atoms with Crippen LogP contribution in [0.4, 0.5) is 0 Å². The third kappa shape index (κ3) is 0.719. The van der Waals surface area contributed by atoms with Gasteiger partial charge in [0.1, 0.15) is 0 Å². The van der Waals surface area contributed by atoms with Gasteiger partial charge < -0.3 is 4.81 Å². The van der Waals surface area contributed by atoms with E-state index in [4.69, 9.17) is 0 Å². The van der Waals surface area contributed by atoms with Gasteiger partial charge in [-0.1, -0.05) is 6.58 Å². The molecule has 1 aromatic rings. The molecule has 0 atom stereocenters. The first-order valence-electron chi connectivity index (χ1n) is 3.63. The first kappa shape index (κ1) is 7.09. The van der Waals surface area contributed by atoms with Crippen LogP contribution in [0.2, 0.25) is 0 Å². The third-order valence-corrected chi connectivity index (χ3v) is 2.07. The zero-order chi connectivity index (χ0) is 8.72. The smallest absolute Gasteiger partial charge is 0.247 e. The van der Waals surface area contributed by atoms with E-state index in [0.29, 0.717) is 5.56 Å². The van der Waals surface area contributed by atoms with Crippen LogP contribution in [-0.2, 0) is 0 Å². The highest BCUT2D eigenvalue weighted by Crippen LogP contribution is 2.27. The molecule has 0 saturated heterocycles. The van der Waals surface area contributed by atoms with Crippen molar-refractivity contribution in [3.8, 4) is 0 Å². The van der Waals surface area contributed by atoms with Crippen molar-refractivity contribution in [3.63, 3.8) is 0 Å². The van der Waals surface area contributed by atoms with Crippen LogP contribution in [0, 0.1) is 0 Å². The summed E-state index contributed by atoms with van der Waals surface area (Å²) in [6.07, 6.45) is 3.24. The molecule has 1 amide bonds. The number of carbonyl (C=O) groups excluding carboxylic acids is 1. The topological polar surface area (TPSA) is 33.2 Å². The molecule has 58 valence electrons. The highest BCUT2D eigenvalue weighted by Gasteiger charge is 2.26. The Hall–Kier alpha value is -1.58. The van der Waals surface area contributed by atoms with Gasteiger partial charge in [0.05, 0.1) is 5.56 Å². The molecule has 0 N–H and O–H groups in total. The molecular weight excluding hydrogens is 151 g/mol. The maximum atomic E-state index is 11.4. The first-order chi connectivity index (χ1) is 5.72. The largest absolute Gasteiger partial charge is 0.361 e. The second-order valence-corrected chi connectivity index (χ2v) is 2.73. The van der Waals surface area contributed by atoms with Crippen LogP contribution in [0.25, 0.3) is 5.70 Å². The summed E-state index contributed by atoms with van der Waals surface area (Å²) in [4.78, 5) is 16.9. The number of aromatic nitrogens is 1. The average molecular weight is 158 g/mol. The number of hydrogen-bond donors (Lipinski definition) is 0. The lowest BCUT2D eigenvalue weighted by Crippen LogP contribution is -2.18. The number of rotatable bonds is 0. The van der Waals surface area contributed by atoms with Crippen LogP contribution in [0.5, 0.6) is 0 Å². The third-order valence-electron chi connectivity index (χ3n) is 2.07. The van der Waals surface area contributed by atoms with Gasteiger partial charge in [-0.25, -0.2) is 0 Å². The number of amides is 1. The lowest BCUT2D eigenvalue weighted by molar-refractivity contribution is 0.0917. The van der Waals surface area contributed by atoms with Crippen molar-refractivity contribution in [1.29, 1.82) is 0 Å².